The molecule has 1 atom stereocenters. The number of nitrogens with zero attached hydrogens (tertiary/aromatic N) is 1. The molecule has 3 rings (SSSR count). The van der Waals surface area contributed by atoms with E-state index in [4.69, 9.17) is 11.6 Å². The van der Waals surface area contributed by atoms with Crippen molar-refractivity contribution in [2.75, 3.05) is 11.9 Å². The van der Waals surface area contributed by atoms with Crippen LogP contribution in [0.1, 0.15) is 18.4 Å². The van der Waals surface area contributed by atoms with Gasteiger partial charge in [0.25, 0.3) is 0 Å². The number of alkyl halides is 3. The Morgan fingerprint density at radius 3 is 2.39 bits per heavy atom. The number of anilines is 1. The lowest BCUT2D eigenvalue weighted by Gasteiger charge is -2.25. The van der Waals surface area contributed by atoms with Gasteiger partial charge in [-0.05, 0) is 49.2 Å². The fraction of sp³-hybridized carbons (Fsp3) is 0.278. The Kier molecular flexibility index (Phi) is 5.69. The second-order valence-corrected chi connectivity index (χ2v) is 8.56. The summed E-state index contributed by atoms with van der Waals surface area (Å²) in [5.41, 5.74) is -0.840. The summed E-state index contributed by atoms with van der Waals surface area (Å²) in [4.78, 5) is 11.7. The van der Waals surface area contributed by atoms with Crippen LogP contribution in [0.3, 0.4) is 0 Å². The van der Waals surface area contributed by atoms with Crippen LogP contribution in [-0.2, 0) is 21.0 Å². The third-order valence-electron chi connectivity index (χ3n) is 4.40. The summed E-state index contributed by atoms with van der Waals surface area (Å²) < 4.78 is 66.5. The van der Waals surface area contributed by atoms with Crippen molar-refractivity contribution in [3.05, 3.63) is 59.1 Å². The predicted octanol–water partition coefficient (Wildman–Crippen LogP) is 4.15. The van der Waals surface area contributed by atoms with Crippen molar-refractivity contribution in [3.8, 4) is 0 Å². The molecule has 5 nitrogen and oxygen atoms in total. The largest absolute Gasteiger partial charge is 0.417 e. The number of benzene rings is 2. The zero-order chi connectivity index (χ0) is 20.5. The molecule has 0 bridgehead atoms. The van der Waals surface area contributed by atoms with E-state index in [9.17, 15) is 26.4 Å². The Balaban J connectivity index is 1.90. The van der Waals surface area contributed by atoms with Gasteiger partial charge in [-0.15, -0.1) is 0 Å². The van der Waals surface area contributed by atoms with E-state index in [0.717, 1.165) is 16.4 Å². The number of nitrogens with one attached hydrogen (secondary N) is 1. The van der Waals surface area contributed by atoms with Gasteiger partial charge in [0.1, 0.15) is 6.04 Å². The highest BCUT2D eigenvalue weighted by Gasteiger charge is 2.44. The molecule has 10 heteroatoms. The van der Waals surface area contributed by atoms with Gasteiger partial charge in [0, 0.05) is 17.3 Å². The molecule has 0 spiro atoms. The third kappa shape index (κ3) is 4.16. The van der Waals surface area contributed by atoms with Gasteiger partial charge in [-0.2, -0.15) is 17.5 Å². The lowest BCUT2D eigenvalue weighted by Crippen LogP contribution is -2.43. The molecule has 1 N–H and O–H groups in total. The molecule has 0 radical (unpaired) electrons. The van der Waals surface area contributed by atoms with E-state index in [2.05, 4.69) is 5.32 Å². The molecular formula is C18H16ClF3N2O3S. The van der Waals surface area contributed by atoms with Crippen molar-refractivity contribution in [2.24, 2.45) is 0 Å². The molecule has 1 aliphatic rings. The maximum absolute atomic E-state index is 13.3. The molecule has 0 aromatic heterocycles. The zero-order valence-corrected chi connectivity index (χ0v) is 16.0. The Labute approximate surface area is 165 Å². The van der Waals surface area contributed by atoms with Crippen LogP contribution in [0.15, 0.2) is 53.4 Å². The first kappa shape index (κ1) is 20.6. The Hall–Kier alpha value is -2.10. The molecule has 1 saturated heterocycles. The first-order chi connectivity index (χ1) is 13.1. The summed E-state index contributed by atoms with van der Waals surface area (Å²) in [6.07, 6.45) is -4.25. The van der Waals surface area contributed by atoms with Crippen LogP contribution in [0.5, 0.6) is 0 Å². The Morgan fingerprint density at radius 1 is 1.11 bits per heavy atom. The lowest BCUT2D eigenvalue weighted by molar-refractivity contribution is -0.139. The molecule has 0 saturated carbocycles. The van der Waals surface area contributed by atoms with Crippen molar-refractivity contribution >= 4 is 33.2 Å². The van der Waals surface area contributed by atoms with Gasteiger partial charge >= 0.3 is 6.18 Å². The first-order valence-electron chi connectivity index (χ1n) is 8.35. The minimum atomic E-state index is -4.83. The van der Waals surface area contributed by atoms with Crippen LogP contribution in [0.4, 0.5) is 18.9 Å². The summed E-state index contributed by atoms with van der Waals surface area (Å²) in [7, 11) is -4.51. The molecular weight excluding hydrogens is 417 g/mol. The number of amides is 1. The molecule has 1 unspecified atom stereocenters. The fourth-order valence-electron chi connectivity index (χ4n) is 3.10. The molecule has 0 aliphatic carbocycles. The normalized spacial score (nSPS) is 18.2. The van der Waals surface area contributed by atoms with Crippen LogP contribution in [-0.4, -0.2) is 31.2 Å². The standard InChI is InChI=1S/C18H16ClF3N2O3S/c19-12-7-9-13(10-8-12)23-17(25)15-5-3-11-24(15)28(26,27)16-6-2-1-4-14(16)18(20,21)22/h1-2,4,6-10,15H,3,5,11H2,(H,23,25). The molecule has 1 amide bonds. The van der Waals surface area contributed by atoms with Crippen LogP contribution in [0.25, 0.3) is 0 Å². The molecule has 150 valence electrons. The SMILES string of the molecule is O=C(Nc1ccc(Cl)cc1)C1CCCN1S(=O)(=O)c1ccccc1C(F)(F)F. The summed E-state index contributed by atoms with van der Waals surface area (Å²) >= 11 is 5.79. The van der Waals surface area contributed by atoms with E-state index in [1.54, 1.807) is 24.3 Å². The summed E-state index contributed by atoms with van der Waals surface area (Å²) in [6, 6.07) is 9.08. The van der Waals surface area contributed by atoms with Crippen molar-refractivity contribution in [1.82, 2.24) is 4.31 Å². The molecule has 1 heterocycles. The van der Waals surface area contributed by atoms with Gasteiger partial charge in [-0.25, -0.2) is 8.42 Å². The number of hydrogen-bond donors (Lipinski definition) is 1. The molecule has 2 aromatic rings. The van der Waals surface area contributed by atoms with Crippen molar-refractivity contribution in [3.63, 3.8) is 0 Å². The van der Waals surface area contributed by atoms with Crippen molar-refractivity contribution in [1.29, 1.82) is 0 Å². The van der Waals surface area contributed by atoms with Crippen LogP contribution < -0.4 is 5.32 Å². The second kappa shape index (κ2) is 7.73. The van der Waals surface area contributed by atoms with E-state index < -0.39 is 38.6 Å². The second-order valence-electron chi connectivity index (χ2n) is 6.26. The molecule has 28 heavy (non-hydrogen) atoms. The number of carbonyl (C=O) groups excluding carboxylic acids is 1. The first-order valence-corrected chi connectivity index (χ1v) is 10.2. The van der Waals surface area contributed by atoms with Gasteiger partial charge in [0.05, 0.1) is 10.5 Å². The summed E-state index contributed by atoms with van der Waals surface area (Å²) in [5, 5.41) is 3.05. The monoisotopic (exact) mass is 432 g/mol. The fourth-order valence-corrected chi connectivity index (χ4v) is 5.10. The number of rotatable bonds is 4. The van der Waals surface area contributed by atoms with E-state index in [0.29, 0.717) is 23.2 Å². The highest BCUT2D eigenvalue weighted by Crippen LogP contribution is 2.37. The smallest absolute Gasteiger partial charge is 0.325 e. The lowest BCUT2D eigenvalue weighted by atomic mass is 10.2. The molecule has 1 fully saturated rings. The predicted molar refractivity (Wildman–Crippen MR) is 98.4 cm³/mol. The average Bonchev–Trinajstić information content (AvgIpc) is 3.14. The quantitative estimate of drug-likeness (QED) is 0.789. The van der Waals surface area contributed by atoms with Gasteiger partial charge < -0.3 is 5.32 Å². The van der Waals surface area contributed by atoms with Gasteiger partial charge in [-0.1, -0.05) is 23.7 Å². The number of hydrogen-bond acceptors (Lipinski definition) is 3. The van der Waals surface area contributed by atoms with E-state index in [1.165, 1.54) is 6.07 Å². The highest BCUT2D eigenvalue weighted by atomic mass is 35.5. The van der Waals surface area contributed by atoms with E-state index in [-0.39, 0.29) is 13.0 Å². The topological polar surface area (TPSA) is 66.5 Å². The summed E-state index contributed by atoms with van der Waals surface area (Å²) in [5.74, 6) is -0.604. The zero-order valence-electron chi connectivity index (χ0n) is 14.4. The maximum Gasteiger partial charge on any atom is 0.417 e. The van der Waals surface area contributed by atoms with Crippen LogP contribution in [0, 0.1) is 0 Å². The average molecular weight is 433 g/mol. The third-order valence-corrected chi connectivity index (χ3v) is 6.62. The van der Waals surface area contributed by atoms with E-state index in [1.807, 2.05) is 0 Å². The molecule has 1 aliphatic heterocycles. The summed E-state index contributed by atoms with van der Waals surface area (Å²) in [6.45, 7) is -0.0345. The van der Waals surface area contributed by atoms with Gasteiger partial charge in [0.15, 0.2) is 0 Å². The minimum absolute atomic E-state index is 0.0345. The van der Waals surface area contributed by atoms with Gasteiger partial charge in [0.2, 0.25) is 15.9 Å². The minimum Gasteiger partial charge on any atom is -0.325 e. The Bertz CT molecular complexity index is 978. The van der Waals surface area contributed by atoms with Crippen LogP contribution in [0.2, 0.25) is 5.02 Å². The van der Waals surface area contributed by atoms with Crippen molar-refractivity contribution < 1.29 is 26.4 Å². The number of carbonyl (C=O) groups is 1. The van der Waals surface area contributed by atoms with Gasteiger partial charge in [-0.3, -0.25) is 4.79 Å². The molecule has 2 aromatic carbocycles. The van der Waals surface area contributed by atoms with Crippen LogP contribution >= 0.6 is 11.6 Å². The number of sulfonamides is 1. The van der Waals surface area contributed by atoms with Crippen molar-refractivity contribution in [2.45, 2.75) is 30.0 Å². The maximum atomic E-state index is 13.3. The highest BCUT2D eigenvalue weighted by molar-refractivity contribution is 7.89. The number of halogens is 4. The Morgan fingerprint density at radius 2 is 1.75 bits per heavy atom. The van der Waals surface area contributed by atoms with E-state index >= 15 is 0 Å².